The first-order chi connectivity index (χ1) is 8.08. The first-order valence-corrected chi connectivity index (χ1v) is 6.19. The van der Waals surface area contributed by atoms with Crippen LogP contribution in [0.4, 0.5) is 0 Å². The zero-order valence-corrected chi connectivity index (χ0v) is 10.8. The van der Waals surface area contributed by atoms with E-state index >= 15 is 0 Å². The van der Waals surface area contributed by atoms with Crippen LogP contribution in [0.15, 0.2) is 11.1 Å². The molecule has 5 nitrogen and oxygen atoms in total. The molecule has 0 unspecified atom stereocenters. The highest BCUT2D eigenvalue weighted by molar-refractivity contribution is 5.98. The molecule has 0 spiro atoms. The van der Waals surface area contributed by atoms with Gasteiger partial charge in [0, 0.05) is 6.54 Å². The van der Waals surface area contributed by atoms with Crippen molar-refractivity contribution in [1.82, 2.24) is 14.8 Å². The summed E-state index contributed by atoms with van der Waals surface area (Å²) in [6.07, 6.45) is 1.12. The average Bonchev–Trinajstić information content (AvgIpc) is 2.81. The molecule has 1 aromatic heterocycles. The minimum atomic E-state index is 0.673. The largest absolute Gasteiger partial charge is 0.291 e. The van der Waals surface area contributed by atoms with Gasteiger partial charge in [-0.25, -0.2) is 5.84 Å². The Kier molecular flexibility index (Phi) is 3.47. The van der Waals surface area contributed by atoms with E-state index in [0.717, 1.165) is 43.3 Å². The summed E-state index contributed by atoms with van der Waals surface area (Å²) >= 11 is 0. The van der Waals surface area contributed by atoms with Gasteiger partial charge in [-0.1, -0.05) is 13.8 Å². The lowest BCUT2D eigenvalue weighted by atomic mass is 10.1. The molecule has 0 radical (unpaired) electrons. The normalized spacial score (nSPS) is 15.8. The van der Waals surface area contributed by atoms with E-state index in [-0.39, 0.29) is 0 Å². The van der Waals surface area contributed by atoms with Gasteiger partial charge in [0.1, 0.15) is 5.69 Å². The molecule has 0 fully saturated rings. The molecule has 2 rings (SSSR count). The Morgan fingerprint density at radius 3 is 2.82 bits per heavy atom. The van der Waals surface area contributed by atoms with Crippen LogP contribution in [0.1, 0.15) is 31.7 Å². The van der Waals surface area contributed by atoms with E-state index in [1.165, 1.54) is 0 Å². The van der Waals surface area contributed by atoms with E-state index < -0.39 is 0 Å². The lowest BCUT2D eigenvalue weighted by molar-refractivity contribution is 0.463. The zero-order chi connectivity index (χ0) is 12.4. The predicted octanol–water partition coefficient (Wildman–Crippen LogP) is 1.17. The smallest absolute Gasteiger partial charge is 0.163 e. The molecule has 94 valence electrons. The minimum absolute atomic E-state index is 0.673. The fourth-order valence-corrected chi connectivity index (χ4v) is 1.96. The molecule has 1 aliphatic heterocycles. The number of hydrogen-bond donors (Lipinski definition) is 1. The van der Waals surface area contributed by atoms with Crippen molar-refractivity contribution in [3.05, 3.63) is 17.5 Å². The summed E-state index contributed by atoms with van der Waals surface area (Å²) in [5, 5.41) is 6.23. The van der Waals surface area contributed by atoms with Crippen molar-refractivity contribution < 1.29 is 0 Å². The second-order valence-corrected chi connectivity index (χ2v) is 4.98. The third kappa shape index (κ3) is 2.66. The van der Waals surface area contributed by atoms with Crippen molar-refractivity contribution in [2.24, 2.45) is 16.8 Å². The summed E-state index contributed by atoms with van der Waals surface area (Å²) in [6.45, 7) is 8.94. The second-order valence-electron chi connectivity index (χ2n) is 4.98. The minimum Gasteiger partial charge on any atom is -0.291 e. The molecule has 1 aliphatic rings. The maximum Gasteiger partial charge on any atom is 0.163 e. The number of nitrogens with zero attached hydrogens (tertiary/aromatic N) is 4. The molecular weight excluding hydrogens is 214 g/mol. The third-order valence-electron chi connectivity index (χ3n) is 2.92. The van der Waals surface area contributed by atoms with Gasteiger partial charge in [0.2, 0.25) is 0 Å². The molecule has 1 aromatic rings. The molecule has 2 N–H and O–H groups in total. The number of nitrogens with two attached hydrogens (primary N) is 1. The van der Waals surface area contributed by atoms with Gasteiger partial charge in [0.25, 0.3) is 0 Å². The molecule has 17 heavy (non-hydrogen) atoms. The van der Waals surface area contributed by atoms with Crippen molar-refractivity contribution in [1.29, 1.82) is 0 Å². The highest BCUT2D eigenvalue weighted by Crippen LogP contribution is 2.12. The molecule has 0 aliphatic carbocycles. The zero-order valence-electron chi connectivity index (χ0n) is 10.8. The standard InChI is InChI=1S/C12H21N5/c1-9(2)4-6-17-11(8-10(3)15-17)12-14-5-7-16(12)13/h8-9H,4-7,13H2,1-3H3. The van der Waals surface area contributed by atoms with Gasteiger partial charge >= 0.3 is 0 Å². The highest BCUT2D eigenvalue weighted by atomic mass is 15.5. The van der Waals surface area contributed by atoms with Crippen LogP contribution in [-0.4, -0.2) is 33.7 Å². The van der Waals surface area contributed by atoms with E-state index in [1.807, 2.05) is 11.6 Å². The summed E-state index contributed by atoms with van der Waals surface area (Å²) in [6, 6.07) is 2.06. The Hall–Kier alpha value is -1.36. The number of aromatic nitrogens is 2. The number of amidine groups is 1. The summed E-state index contributed by atoms with van der Waals surface area (Å²) in [4.78, 5) is 4.44. The summed E-state index contributed by atoms with van der Waals surface area (Å²) in [7, 11) is 0. The van der Waals surface area contributed by atoms with Gasteiger partial charge in [-0.05, 0) is 25.3 Å². The Bertz CT molecular complexity index is 419. The van der Waals surface area contributed by atoms with E-state index in [0.29, 0.717) is 5.92 Å². The van der Waals surface area contributed by atoms with Gasteiger partial charge in [-0.15, -0.1) is 0 Å². The number of hydrazine groups is 1. The van der Waals surface area contributed by atoms with Gasteiger partial charge < -0.3 is 0 Å². The van der Waals surface area contributed by atoms with Crippen LogP contribution in [0.5, 0.6) is 0 Å². The van der Waals surface area contributed by atoms with E-state index in [4.69, 9.17) is 5.84 Å². The van der Waals surface area contributed by atoms with Crippen LogP contribution in [0.25, 0.3) is 0 Å². The van der Waals surface area contributed by atoms with Crippen LogP contribution in [0, 0.1) is 12.8 Å². The van der Waals surface area contributed by atoms with Gasteiger partial charge in [-0.3, -0.25) is 14.7 Å². The Balaban J connectivity index is 2.21. The summed E-state index contributed by atoms with van der Waals surface area (Å²) in [5.74, 6) is 7.45. The molecule has 0 bridgehead atoms. The molecular formula is C12H21N5. The van der Waals surface area contributed by atoms with E-state index in [9.17, 15) is 0 Å². The molecule has 0 atom stereocenters. The van der Waals surface area contributed by atoms with Crippen LogP contribution >= 0.6 is 0 Å². The lowest BCUT2D eigenvalue weighted by Gasteiger charge is -2.15. The van der Waals surface area contributed by atoms with E-state index in [1.54, 1.807) is 5.01 Å². The van der Waals surface area contributed by atoms with Crippen molar-refractivity contribution >= 4 is 5.84 Å². The molecule has 0 saturated heterocycles. The van der Waals surface area contributed by atoms with Gasteiger partial charge in [0.05, 0.1) is 18.8 Å². The Labute approximate surface area is 102 Å². The summed E-state index contributed by atoms with van der Waals surface area (Å²) < 4.78 is 2.03. The summed E-state index contributed by atoms with van der Waals surface area (Å²) in [5.41, 5.74) is 2.06. The second kappa shape index (κ2) is 4.87. The topological polar surface area (TPSA) is 59.4 Å². The quantitative estimate of drug-likeness (QED) is 0.797. The molecule has 0 amide bonds. The first-order valence-electron chi connectivity index (χ1n) is 6.19. The van der Waals surface area contributed by atoms with Crippen LogP contribution < -0.4 is 5.84 Å². The van der Waals surface area contributed by atoms with Crippen LogP contribution in [0.2, 0.25) is 0 Å². The fraction of sp³-hybridized carbons (Fsp3) is 0.667. The molecule has 5 heteroatoms. The third-order valence-corrected chi connectivity index (χ3v) is 2.92. The van der Waals surface area contributed by atoms with Crippen molar-refractivity contribution in [2.45, 2.75) is 33.7 Å². The number of aryl methyl sites for hydroxylation is 2. The SMILES string of the molecule is Cc1cc(C2=NCCN2N)n(CCC(C)C)n1. The van der Waals surface area contributed by atoms with Crippen molar-refractivity contribution in [3.8, 4) is 0 Å². The van der Waals surface area contributed by atoms with E-state index in [2.05, 4.69) is 30.0 Å². The number of hydrogen-bond acceptors (Lipinski definition) is 4. The average molecular weight is 235 g/mol. The maximum atomic E-state index is 5.91. The molecule has 0 saturated carbocycles. The van der Waals surface area contributed by atoms with Gasteiger partial charge in [0.15, 0.2) is 5.84 Å². The highest BCUT2D eigenvalue weighted by Gasteiger charge is 2.20. The monoisotopic (exact) mass is 235 g/mol. The van der Waals surface area contributed by atoms with Crippen molar-refractivity contribution in [3.63, 3.8) is 0 Å². The Morgan fingerprint density at radius 1 is 1.47 bits per heavy atom. The Morgan fingerprint density at radius 2 is 2.24 bits per heavy atom. The molecule has 0 aromatic carbocycles. The maximum absolute atomic E-state index is 5.91. The first kappa shape index (κ1) is 12.1. The van der Waals surface area contributed by atoms with Crippen molar-refractivity contribution in [2.75, 3.05) is 13.1 Å². The van der Waals surface area contributed by atoms with Crippen LogP contribution in [0.3, 0.4) is 0 Å². The number of aliphatic imine (C=N–C) groups is 1. The van der Waals surface area contributed by atoms with Crippen LogP contribution in [-0.2, 0) is 6.54 Å². The lowest BCUT2D eigenvalue weighted by Crippen LogP contribution is -2.36. The fourth-order valence-electron chi connectivity index (χ4n) is 1.96. The molecule has 2 heterocycles. The number of rotatable bonds is 4. The van der Waals surface area contributed by atoms with Gasteiger partial charge in [-0.2, -0.15) is 5.10 Å². The predicted molar refractivity (Wildman–Crippen MR) is 68.7 cm³/mol.